The molecule has 1 fully saturated rings. The molecule has 2 atom stereocenters. The molecule has 4 N–H and O–H groups in total. The Morgan fingerprint density at radius 3 is 2.31 bits per heavy atom. The van der Waals surface area contributed by atoms with Crippen molar-refractivity contribution < 1.29 is 37.1 Å². The molecular formula is C38H42F4N6O4. The van der Waals surface area contributed by atoms with Crippen molar-refractivity contribution in [2.75, 3.05) is 5.32 Å². The molecule has 2 unspecified atom stereocenters. The number of halogens is 4. The number of hydrogen-bond donors (Lipinski definition) is 4. The number of carbonyl (C=O) groups is 3. The largest absolute Gasteiger partial charge is 0.465 e. The summed E-state index contributed by atoms with van der Waals surface area (Å²) >= 11 is 0. The van der Waals surface area contributed by atoms with Crippen molar-refractivity contribution in [1.82, 2.24) is 25.4 Å². The number of nitrogens with zero attached hydrogens (tertiary/aromatic N) is 3. The van der Waals surface area contributed by atoms with Gasteiger partial charge in [-0.2, -0.15) is 18.3 Å². The van der Waals surface area contributed by atoms with Crippen molar-refractivity contribution in [2.24, 2.45) is 17.3 Å². The van der Waals surface area contributed by atoms with Crippen LogP contribution in [0.1, 0.15) is 99.2 Å². The molecule has 10 nitrogen and oxygen atoms in total. The Kier molecular flexibility index (Phi) is 10.8. The van der Waals surface area contributed by atoms with E-state index in [0.717, 1.165) is 30.0 Å². The van der Waals surface area contributed by atoms with Crippen LogP contribution in [-0.4, -0.2) is 37.8 Å². The van der Waals surface area contributed by atoms with E-state index in [2.05, 4.69) is 26.0 Å². The van der Waals surface area contributed by atoms with Crippen LogP contribution >= 0.6 is 0 Å². The zero-order valence-electron chi connectivity index (χ0n) is 29.5. The number of alkyl halides is 3. The Labute approximate surface area is 299 Å². The number of carboxylic acid groups (broad SMARTS) is 1. The number of rotatable bonds is 12. The van der Waals surface area contributed by atoms with Crippen LogP contribution in [0.3, 0.4) is 0 Å². The molecule has 0 saturated heterocycles. The van der Waals surface area contributed by atoms with Gasteiger partial charge in [0.05, 0.1) is 23.0 Å². The number of nitrogens with one attached hydrogen (secondary N) is 3. The van der Waals surface area contributed by atoms with Crippen molar-refractivity contribution in [3.8, 4) is 5.69 Å². The van der Waals surface area contributed by atoms with Gasteiger partial charge in [-0.25, -0.2) is 13.9 Å². The van der Waals surface area contributed by atoms with Crippen molar-refractivity contribution in [3.05, 3.63) is 107 Å². The van der Waals surface area contributed by atoms with Crippen LogP contribution in [0.25, 0.3) is 5.69 Å². The Morgan fingerprint density at radius 1 is 0.981 bits per heavy atom. The SMILES string of the molecule is CC(C)C(=O)NC(CCC1CC1)(c1cccnc1)c1ccc(F)c(NC(=O)c2cc(C(F)(F)F)nn2-c2cccc(C(NC(=O)O)C(C)(C)C)c2)c1. The molecule has 0 aliphatic heterocycles. The molecule has 0 radical (unpaired) electrons. The van der Waals surface area contributed by atoms with Gasteiger partial charge in [0.2, 0.25) is 5.91 Å². The first-order chi connectivity index (χ1) is 24.4. The topological polar surface area (TPSA) is 138 Å². The molecule has 52 heavy (non-hydrogen) atoms. The van der Waals surface area contributed by atoms with E-state index < -0.39 is 58.3 Å². The molecule has 14 heteroatoms. The standard InChI is InChI=1S/C38H42F4N6O4/c1-22(2)33(49)46-37(16-15-23-11-12-23,26-9-7-17-43-21-26)25-13-14-28(39)29(19-25)44-34(50)30-20-31(38(40,41)42)47-48(30)27-10-6-8-24(18-27)32(36(3,4)5)45-35(51)52/h6-10,13-14,17-23,32,45H,11-12,15-16H2,1-5H3,(H,44,50)(H,46,49)(H,51,52). The molecule has 3 amide bonds. The van der Waals surface area contributed by atoms with E-state index >= 15 is 4.39 Å². The summed E-state index contributed by atoms with van der Waals surface area (Å²) in [5.74, 6) is -2.13. The van der Waals surface area contributed by atoms with E-state index in [0.29, 0.717) is 35.1 Å². The number of aromatic nitrogens is 3. The van der Waals surface area contributed by atoms with Gasteiger partial charge in [0.15, 0.2) is 5.69 Å². The molecule has 5 rings (SSSR count). The maximum absolute atomic E-state index is 15.6. The molecule has 1 saturated carbocycles. The third-order valence-corrected chi connectivity index (χ3v) is 9.16. The second-order valence-corrected chi connectivity index (χ2v) is 14.6. The van der Waals surface area contributed by atoms with Crippen LogP contribution in [0.2, 0.25) is 0 Å². The molecule has 1 aliphatic carbocycles. The Morgan fingerprint density at radius 2 is 1.71 bits per heavy atom. The summed E-state index contributed by atoms with van der Waals surface area (Å²) in [6, 6.07) is 13.4. The lowest BCUT2D eigenvalue weighted by Gasteiger charge is -2.37. The first-order valence-corrected chi connectivity index (χ1v) is 17.0. The van der Waals surface area contributed by atoms with Gasteiger partial charge in [-0.15, -0.1) is 0 Å². The number of amides is 3. The van der Waals surface area contributed by atoms with Gasteiger partial charge in [0, 0.05) is 29.9 Å². The highest BCUT2D eigenvalue weighted by Crippen LogP contribution is 2.42. The normalized spacial score (nSPS) is 15.1. The van der Waals surface area contributed by atoms with E-state index in [1.807, 2.05) is 6.07 Å². The second kappa shape index (κ2) is 14.8. The highest BCUT2D eigenvalue weighted by atomic mass is 19.4. The fourth-order valence-electron chi connectivity index (χ4n) is 6.17. The molecule has 0 spiro atoms. The first kappa shape index (κ1) is 38.0. The average molecular weight is 723 g/mol. The minimum absolute atomic E-state index is 0.0425. The van der Waals surface area contributed by atoms with Crippen LogP contribution in [-0.2, 0) is 16.5 Å². The van der Waals surface area contributed by atoms with Crippen LogP contribution in [0, 0.1) is 23.1 Å². The number of anilines is 1. The summed E-state index contributed by atoms with van der Waals surface area (Å²) in [6.07, 6.45) is 0.295. The molecule has 2 heterocycles. The molecule has 0 bridgehead atoms. The van der Waals surface area contributed by atoms with Gasteiger partial charge < -0.3 is 21.1 Å². The molecule has 2 aromatic heterocycles. The quantitative estimate of drug-likeness (QED) is 0.109. The molecular weight excluding hydrogens is 680 g/mol. The van der Waals surface area contributed by atoms with Gasteiger partial charge in [-0.05, 0) is 65.6 Å². The lowest BCUT2D eigenvalue weighted by atomic mass is 9.78. The minimum atomic E-state index is -4.93. The summed E-state index contributed by atoms with van der Waals surface area (Å²) in [6.45, 7) is 8.88. The zero-order valence-corrected chi connectivity index (χ0v) is 29.5. The van der Waals surface area contributed by atoms with Crippen molar-refractivity contribution in [2.45, 2.75) is 78.1 Å². The van der Waals surface area contributed by atoms with E-state index in [4.69, 9.17) is 0 Å². The van der Waals surface area contributed by atoms with Gasteiger partial charge in [0.25, 0.3) is 5.91 Å². The highest BCUT2D eigenvalue weighted by molar-refractivity contribution is 6.03. The average Bonchev–Trinajstić information content (AvgIpc) is 3.79. The van der Waals surface area contributed by atoms with Crippen LogP contribution in [0.15, 0.2) is 73.1 Å². The van der Waals surface area contributed by atoms with Gasteiger partial charge in [0.1, 0.15) is 11.5 Å². The lowest BCUT2D eigenvalue weighted by Crippen LogP contribution is -2.48. The summed E-state index contributed by atoms with van der Waals surface area (Å²) < 4.78 is 58.4. The lowest BCUT2D eigenvalue weighted by molar-refractivity contribution is -0.141. The molecule has 1 aliphatic rings. The fourth-order valence-corrected chi connectivity index (χ4v) is 6.17. The maximum atomic E-state index is 15.6. The van der Waals surface area contributed by atoms with Crippen molar-refractivity contribution >= 4 is 23.6 Å². The second-order valence-electron chi connectivity index (χ2n) is 14.6. The fraction of sp³-hybridized carbons (Fsp3) is 0.395. The van der Waals surface area contributed by atoms with Crippen molar-refractivity contribution in [3.63, 3.8) is 0 Å². The van der Waals surface area contributed by atoms with E-state index in [1.165, 1.54) is 30.3 Å². The molecule has 2 aromatic carbocycles. The molecule has 276 valence electrons. The van der Waals surface area contributed by atoms with Gasteiger partial charge in [-0.3, -0.25) is 14.6 Å². The van der Waals surface area contributed by atoms with E-state index in [1.54, 1.807) is 59.1 Å². The monoisotopic (exact) mass is 722 g/mol. The van der Waals surface area contributed by atoms with Gasteiger partial charge >= 0.3 is 12.3 Å². The highest BCUT2D eigenvalue weighted by Gasteiger charge is 2.40. The van der Waals surface area contributed by atoms with Gasteiger partial charge in [-0.1, -0.05) is 71.7 Å². The Bertz CT molecular complexity index is 1940. The summed E-state index contributed by atoms with van der Waals surface area (Å²) in [5, 5.41) is 21.2. The van der Waals surface area contributed by atoms with E-state index in [-0.39, 0.29) is 17.3 Å². The smallest absolute Gasteiger partial charge is 0.435 e. The Balaban J connectivity index is 1.58. The summed E-state index contributed by atoms with van der Waals surface area (Å²) in [7, 11) is 0. The summed E-state index contributed by atoms with van der Waals surface area (Å²) in [5.41, 5.74) is -2.48. The van der Waals surface area contributed by atoms with E-state index in [9.17, 15) is 32.7 Å². The van der Waals surface area contributed by atoms with Crippen LogP contribution in [0.4, 0.5) is 28.0 Å². The number of hydrogen-bond acceptors (Lipinski definition) is 5. The van der Waals surface area contributed by atoms with Crippen LogP contribution < -0.4 is 16.0 Å². The minimum Gasteiger partial charge on any atom is -0.465 e. The molecule has 4 aromatic rings. The Hall–Kier alpha value is -5.27. The predicted octanol–water partition coefficient (Wildman–Crippen LogP) is 8.24. The number of carbonyl (C=O) groups excluding carboxylic acids is 2. The summed E-state index contributed by atoms with van der Waals surface area (Å²) in [4.78, 5) is 43.0. The zero-order chi connectivity index (χ0) is 38.0. The third kappa shape index (κ3) is 8.60. The number of pyridine rings is 1. The number of benzene rings is 2. The van der Waals surface area contributed by atoms with Crippen LogP contribution in [0.5, 0.6) is 0 Å². The van der Waals surface area contributed by atoms with Crippen molar-refractivity contribution in [1.29, 1.82) is 0 Å². The first-order valence-electron chi connectivity index (χ1n) is 17.0. The maximum Gasteiger partial charge on any atom is 0.435 e. The third-order valence-electron chi connectivity index (χ3n) is 9.16. The predicted molar refractivity (Wildman–Crippen MR) is 186 cm³/mol.